The van der Waals surface area contributed by atoms with Crippen LogP contribution >= 0.6 is 23.1 Å². The summed E-state index contributed by atoms with van der Waals surface area (Å²) in [5, 5.41) is 8.64. The second-order valence-corrected chi connectivity index (χ2v) is 7.59. The number of hydrogen-bond donors (Lipinski definition) is 1. The lowest BCUT2D eigenvalue weighted by Crippen LogP contribution is -2.34. The zero-order chi connectivity index (χ0) is 11.6. The maximum atomic E-state index is 11.9. The van der Waals surface area contributed by atoms with Crippen LogP contribution in [-0.4, -0.2) is 26.0 Å². The Balaban J connectivity index is 2.15. The lowest BCUT2D eigenvalue weighted by molar-refractivity contribution is 0.565. The van der Waals surface area contributed by atoms with Gasteiger partial charge in [-0.15, -0.1) is 11.3 Å². The van der Waals surface area contributed by atoms with Gasteiger partial charge < -0.3 is 0 Å². The first-order valence-corrected chi connectivity index (χ1v) is 8.17. The number of rotatable bonds is 3. The number of thiophene rings is 1. The SMILES string of the molecule is N#Cc1ccc(S(=O)(=O)NC2CCSC2)s1. The number of thioether (sulfide) groups is 1. The van der Waals surface area contributed by atoms with Gasteiger partial charge in [-0.25, -0.2) is 13.1 Å². The molecular formula is C9H10N2O2S3. The van der Waals surface area contributed by atoms with Crippen molar-refractivity contribution in [3.63, 3.8) is 0 Å². The Hall–Kier alpha value is -0.550. The molecule has 1 N–H and O–H groups in total. The van der Waals surface area contributed by atoms with E-state index in [2.05, 4.69) is 4.72 Å². The summed E-state index contributed by atoms with van der Waals surface area (Å²) < 4.78 is 26.7. The van der Waals surface area contributed by atoms with Gasteiger partial charge in [-0.2, -0.15) is 17.0 Å². The number of hydrogen-bond acceptors (Lipinski definition) is 5. The molecule has 1 aromatic heterocycles. The maximum Gasteiger partial charge on any atom is 0.250 e. The van der Waals surface area contributed by atoms with E-state index in [1.54, 1.807) is 11.8 Å². The monoisotopic (exact) mass is 274 g/mol. The summed E-state index contributed by atoms with van der Waals surface area (Å²) in [5.74, 6) is 1.83. The van der Waals surface area contributed by atoms with Crippen molar-refractivity contribution in [2.24, 2.45) is 0 Å². The summed E-state index contributed by atoms with van der Waals surface area (Å²) in [6.07, 6.45) is 0.875. The average Bonchev–Trinajstić information content (AvgIpc) is 2.85. The normalized spacial score (nSPS) is 20.8. The molecule has 4 nitrogen and oxygen atoms in total. The third kappa shape index (κ3) is 2.58. The summed E-state index contributed by atoms with van der Waals surface area (Å²) >= 11 is 2.76. The summed E-state index contributed by atoms with van der Waals surface area (Å²) in [7, 11) is -3.43. The number of sulfonamides is 1. The molecule has 0 radical (unpaired) electrons. The zero-order valence-corrected chi connectivity index (χ0v) is 10.8. The van der Waals surface area contributed by atoms with Gasteiger partial charge in [0.15, 0.2) is 0 Å². The van der Waals surface area contributed by atoms with E-state index >= 15 is 0 Å². The Kier molecular flexibility index (Phi) is 3.54. The van der Waals surface area contributed by atoms with Gasteiger partial charge in [-0.3, -0.25) is 0 Å². The van der Waals surface area contributed by atoms with Gasteiger partial charge in [0.2, 0.25) is 10.0 Å². The molecular weight excluding hydrogens is 264 g/mol. The highest BCUT2D eigenvalue weighted by Crippen LogP contribution is 2.23. The van der Waals surface area contributed by atoms with Crippen LogP contribution in [0.2, 0.25) is 0 Å². The maximum absolute atomic E-state index is 11.9. The van der Waals surface area contributed by atoms with Crippen LogP contribution in [0.5, 0.6) is 0 Å². The Labute approximate surface area is 103 Å². The highest BCUT2D eigenvalue weighted by Gasteiger charge is 2.24. The zero-order valence-electron chi connectivity index (χ0n) is 8.34. The van der Waals surface area contributed by atoms with Crippen molar-refractivity contribution in [3.8, 4) is 6.07 Å². The Morgan fingerprint density at radius 3 is 2.88 bits per heavy atom. The van der Waals surface area contributed by atoms with Gasteiger partial charge in [-0.05, 0) is 24.3 Å². The van der Waals surface area contributed by atoms with E-state index in [-0.39, 0.29) is 10.3 Å². The minimum absolute atomic E-state index is 0.0302. The molecule has 86 valence electrons. The molecule has 1 unspecified atom stereocenters. The molecule has 2 rings (SSSR count). The molecule has 1 saturated heterocycles. The third-order valence-electron chi connectivity index (χ3n) is 2.21. The first kappa shape index (κ1) is 11.9. The van der Waals surface area contributed by atoms with E-state index in [4.69, 9.17) is 5.26 Å². The Bertz CT molecular complexity index is 509. The molecule has 0 spiro atoms. The first-order valence-electron chi connectivity index (χ1n) is 4.72. The molecule has 2 heterocycles. The fourth-order valence-corrected chi connectivity index (χ4v) is 5.08. The van der Waals surface area contributed by atoms with Crippen molar-refractivity contribution >= 4 is 33.1 Å². The fourth-order valence-electron chi connectivity index (χ4n) is 1.43. The summed E-state index contributed by atoms with van der Waals surface area (Å²) in [5.41, 5.74) is 0. The smallest absolute Gasteiger partial charge is 0.207 e. The molecule has 7 heteroatoms. The molecule has 0 amide bonds. The van der Waals surface area contributed by atoms with Crippen LogP contribution in [0.25, 0.3) is 0 Å². The van der Waals surface area contributed by atoms with Crippen molar-refractivity contribution in [3.05, 3.63) is 17.0 Å². The molecule has 1 aliphatic heterocycles. The van der Waals surface area contributed by atoms with Crippen LogP contribution < -0.4 is 4.72 Å². The summed E-state index contributed by atoms with van der Waals surface area (Å²) in [6.45, 7) is 0. The second-order valence-electron chi connectivity index (χ2n) is 3.41. The average molecular weight is 274 g/mol. The quantitative estimate of drug-likeness (QED) is 0.904. The van der Waals surface area contributed by atoms with E-state index in [1.807, 2.05) is 6.07 Å². The minimum atomic E-state index is -3.43. The van der Waals surface area contributed by atoms with Gasteiger partial charge in [0.1, 0.15) is 15.2 Å². The molecule has 0 aliphatic carbocycles. The molecule has 1 aromatic rings. The predicted molar refractivity (Wildman–Crippen MR) is 65.1 cm³/mol. The van der Waals surface area contributed by atoms with Crippen molar-refractivity contribution < 1.29 is 8.42 Å². The van der Waals surface area contributed by atoms with Crippen LogP contribution in [0.1, 0.15) is 11.3 Å². The van der Waals surface area contributed by atoms with E-state index in [0.29, 0.717) is 4.88 Å². The summed E-state index contributed by atoms with van der Waals surface area (Å²) in [4.78, 5) is 0.418. The van der Waals surface area contributed by atoms with Crippen molar-refractivity contribution in [1.82, 2.24) is 4.72 Å². The highest BCUT2D eigenvalue weighted by molar-refractivity contribution is 7.99. The third-order valence-corrected chi connectivity index (χ3v) is 6.37. The van der Waals surface area contributed by atoms with Gasteiger partial charge in [0.05, 0.1) is 0 Å². The van der Waals surface area contributed by atoms with E-state index in [1.165, 1.54) is 12.1 Å². The van der Waals surface area contributed by atoms with Gasteiger partial charge in [0, 0.05) is 11.8 Å². The molecule has 1 aliphatic rings. The van der Waals surface area contributed by atoms with Gasteiger partial charge in [0.25, 0.3) is 0 Å². The molecule has 0 bridgehead atoms. The Morgan fingerprint density at radius 2 is 2.31 bits per heavy atom. The van der Waals surface area contributed by atoms with Crippen LogP contribution in [0.3, 0.4) is 0 Å². The van der Waals surface area contributed by atoms with Crippen molar-refractivity contribution in [2.75, 3.05) is 11.5 Å². The molecule has 16 heavy (non-hydrogen) atoms. The van der Waals surface area contributed by atoms with Crippen molar-refractivity contribution in [1.29, 1.82) is 5.26 Å². The Morgan fingerprint density at radius 1 is 1.50 bits per heavy atom. The second kappa shape index (κ2) is 4.75. The highest BCUT2D eigenvalue weighted by atomic mass is 32.2. The lowest BCUT2D eigenvalue weighted by atomic mass is 10.3. The number of nitrogens with one attached hydrogen (secondary N) is 1. The van der Waals surface area contributed by atoms with E-state index in [9.17, 15) is 8.42 Å². The molecule has 0 saturated carbocycles. The lowest BCUT2D eigenvalue weighted by Gasteiger charge is -2.09. The van der Waals surface area contributed by atoms with Crippen LogP contribution in [0, 0.1) is 11.3 Å². The van der Waals surface area contributed by atoms with E-state index < -0.39 is 10.0 Å². The number of nitrogens with zero attached hydrogens (tertiary/aromatic N) is 1. The standard InChI is InChI=1S/C9H10N2O2S3/c10-5-8-1-2-9(15-8)16(12,13)11-7-3-4-14-6-7/h1-2,7,11H,3-4,6H2. The largest absolute Gasteiger partial charge is 0.250 e. The number of nitriles is 1. The van der Waals surface area contributed by atoms with Crippen LogP contribution in [-0.2, 0) is 10.0 Å². The first-order chi connectivity index (χ1) is 7.62. The predicted octanol–water partition coefficient (Wildman–Crippen LogP) is 1.40. The van der Waals surface area contributed by atoms with Crippen LogP contribution in [0.4, 0.5) is 0 Å². The summed E-state index contributed by atoms with van der Waals surface area (Å²) in [6, 6.07) is 4.98. The van der Waals surface area contributed by atoms with Gasteiger partial charge in [-0.1, -0.05) is 0 Å². The van der Waals surface area contributed by atoms with Crippen LogP contribution in [0.15, 0.2) is 16.3 Å². The van der Waals surface area contributed by atoms with Crippen molar-refractivity contribution in [2.45, 2.75) is 16.7 Å². The molecule has 1 fully saturated rings. The fraction of sp³-hybridized carbons (Fsp3) is 0.444. The molecule has 0 aromatic carbocycles. The topological polar surface area (TPSA) is 70.0 Å². The van der Waals surface area contributed by atoms with Gasteiger partial charge >= 0.3 is 0 Å². The minimum Gasteiger partial charge on any atom is -0.207 e. The van der Waals surface area contributed by atoms with E-state index in [0.717, 1.165) is 29.3 Å². The molecule has 1 atom stereocenters.